The maximum atomic E-state index is 11.8. The lowest BCUT2D eigenvalue weighted by atomic mass is 10.1. The molecular formula is C12H16N2O4. The highest BCUT2D eigenvalue weighted by atomic mass is 16.6. The summed E-state index contributed by atoms with van der Waals surface area (Å²) in [6.07, 6.45) is -0.553. The standard InChI is InChI=1S/C12H16N2O4/c1-12(2,3)13(11(15)18-4)9-6-5-7-10(8-9)14(16)17/h5-8H,1-4H3. The molecule has 0 unspecified atom stereocenters. The van der Waals surface area contributed by atoms with E-state index in [2.05, 4.69) is 0 Å². The summed E-state index contributed by atoms with van der Waals surface area (Å²) in [6.45, 7) is 5.47. The van der Waals surface area contributed by atoms with Crippen molar-refractivity contribution in [3.63, 3.8) is 0 Å². The Bertz CT molecular complexity index is 465. The van der Waals surface area contributed by atoms with Crippen molar-refractivity contribution in [2.24, 2.45) is 0 Å². The quantitative estimate of drug-likeness (QED) is 0.599. The molecule has 0 heterocycles. The van der Waals surface area contributed by atoms with Crippen molar-refractivity contribution in [3.8, 4) is 0 Å². The third-order valence-electron chi connectivity index (χ3n) is 2.33. The molecule has 0 spiro atoms. The highest BCUT2D eigenvalue weighted by Gasteiger charge is 2.29. The molecule has 0 saturated heterocycles. The summed E-state index contributed by atoms with van der Waals surface area (Å²) in [7, 11) is 1.28. The van der Waals surface area contributed by atoms with Crippen molar-refractivity contribution in [1.29, 1.82) is 0 Å². The van der Waals surface area contributed by atoms with Gasteiger partial charge in [0, 0.05) is 17.7 Å². The van der Waals surface area contributed by atoms with Crippen LogP contribution in [0.4, 0.5) is 16.2 Å². The van der Waals surface area contributed by atoms with Crippen LogP contribution in [0.2, 0.25) is 0 Å². The number of carbonyl (C=O) groups excluding carboxylic acids is 1. The second-order valence-corrected chi connectivity index (χ2v) is 4.75. The summed E-state index contributed by atoms with van der Waals surface area (Å²) in [5.74, 6) is 0. The molecule has 18 heavy (non-hydrogen) atoms. The van der Waals surface area contributed by atoms with Gasteiger partial charge in [0.15, 0.2) is 0 Å². The van der Waals surface area contributed by atoms with E-state index in [1.165, 1.54) is 30.2 Å². The van der Waals surface area contributed by atoms with E-state index >= 15 is 0 Å². The number of carbonyl (C=O) groups is 1. The van der Waals surface area contributed by atoms with Gasteiger partial charge < -0.3 is 4.74 Å². The smallest absolute Gasteiger partial charge is 0.414 e. The molecule has 0 N–H and O–H groups in total. The Morgan fingerprint density at radius 3 is 2.44 bits per heavy atom. The Labute approximate surface area is 105 Å². The summed E-state index contributed by atoms with van der Waals surface area (Å²) in [5, 5.41) is 10.7. The number of anilines is 1. The van der Waals surface area contributed by atoms with Gasteiger partial charge in [0.1, 0.15) is 0 Å². The van der Waals surface area contributed by atoms with E-state index in [9.17, 15) is 14.9 Å². The molecule has 0 bridgehead atoms. The number of nitro groups is 1. The Morgan fingerprint density at radius 1 is 1.39 bits per heavy atom. The minimum atomic E-state index is -0.553. The van der Waals surface area contributed by atoms with E-state index in [1.807, 2.05) is 20.8 Å². The van der Waals surface area contributed by atoms with Crippen molar-refractivity contribution in [3.05, 3.63) is 34.4 Å². The third-order valence-corrected chi connectivity index (χ3v) is 2.33. The SMILES string of the molecule is COC(=O)N(c1cccc([N+](=O)[O-])c1)C(C)(C)C. The van der Waals surface area contributed by atoms with Gasteiger partial charge in [-0.05, 0) is 26.8 Å². The van der Waals surface area contributed by atoms with Crippen LogP contribution in [0.1, 0.15) is 20.8 Å². The molecule has 0 saturated carbocycles. The molecule has 1 amide bonds. The van der Waals surface area contributed by atoms with E-state index in [-0.39, 0.29) is 5.69 Å². The summed E-state index contributed by atoms with van der Waals surface area (Å²) < 4.78 is 4.71. The molecule has 98 valence electrons. The van der Waals surface area contributed by atoms with Gasteiger partial charge in [-0.25, -0.2) is 4.79 Å². The zero-order valence-electron chi connectivity index (χ0n) is 10.8. The van der Waals surface area contributed by atoms with Crippen molar-refractivity contribution >= 4 is 17.5 Å². The average Bonchev–Trinajstić information content (AvgIpc) is 2.27. The van der Waals surface area contributed by atoms with Crippen LogP contribution < -0.4 is 4.90 Å². The summed E-state index contributed by atoms with van der Waals surface area (Å²) >= 11 is 0. The molecular weight excluding hydrogens is 236 g/mol. The molecule has 0 fully saturated rings. The number of amides is 1. The van der Waals surface area contributed by atoms with E-state index in [1.54, 1.807) is 6.07 Å². The summed E-state index contributed by atoms with van der Waals surface area (Å²) in [6, 6.07) is 5.90. The molecule has 0 aromatic heterocycles. The van der Waals surface area contributed by atoms with Gasteiger partial charge in [-0.3, -0.25) is 15.0 Å². The maximum absolute atomic E-state index is 11.8. The Hall–Kier alpha value is -2.11. The molecule has 1 aromatic rings. The largest absolute Gasteiger partial charge is 0.452 e. The molecule has 0 aliphatic rings. The van der Waals surface area contributed by atoms with Gasteiger partial charge >= 0.3 is 6.09 Å². The predicted molar refractivity (Wildman–Crippen MR) is 67.7 cm³/mol. The molecule has 0 radical (unpaired) electrons. The number of methoxy groups -OCH3 is 1. The molecule has 6 nitrogen and oxygen atoms in total. The van der Waals surface area contributed by atoms with Crippen LogP contribution in [0.25, 0.3) is 0 Å². The lowest BCUT2D eigenvalue weighted by molar-refractivity contribution is -0.384. The van der Waals surface area contributed by atoms with Crippen molar-refractivity contribution in [2.75, 3.05) is 12.0 Å². The monoisotopic (exact) mass is 252 g/mol. The average molecular weight is 252 g/mol. The zero-order valence-corrected chi connectivity index (χ0v) is 10.8. The first-order valence-corrected chi connectivity index (χ1v) is 5.40. The number of benzene rings is 1. The number of non-ortho nitro benzene ring substituents is 1. The highest BCUT2D eigenvalue weighted by molar-refractivity contribution is 5.89. The van der Waals surface area contributed by atoms with Crippen LogP contribution in [0.5, 0.6) is 0 Å². The van der Waals surface area contributed by atoms with Gasteiger partial charge in [-0.1, -0.05) is 6.07 Å². The fourth-order valence-electron chi connectivity index (χ4n) is 1.60. The predicted octanol–water partition coefficient (Wildman–Crippen LogP) is 2.97. The number of ether oxygens (including phenoxy) is 1. The van der Waals surface area contributed by atoms with E-state index in [0.717, 1.165) is 0 Å². The number of hydrogen-bond acceptors (Lipinski definition) is 4. The maximum Gasteiger partial charge on any atom is 0.414 e. The lowest BCUT2D eigenvalue weighted by Gasteiger charge is -2.34. The minimum Gasteiger partial charge on any atom is -0.452 e. The van der Waals surface area contributed by atoms with E-state index in [4.69, 9.17) is 4.74 Å². The second-order valence-electron chi connectivity index (χ2n) is 4.75. The first-order valence-electron chi connectivity index (χ1n) is 5.40. The molecule has 0 atom stereocenters. The van der Waals surface area contributed by atoms with Crippen molar-refractivity contribution in [2.45, 2.75) is 26.3 Å². The summed E-state index contributed by atoms with van der Waals surface area (Å²) in [4.78, 5) is 23.4. The number of nitro benzene ring substituents is 1. The van der Waals surface area contributed by atoms with Gasteiger partial charge in [0.25, 0.3) is 5.69 Å². The second kappa shape index (κ2) is 5.03. The molecule has 0 aliphatic carbocycles. The van der Waals surface area contributed by atoms with Gasteiger partial charge in [-0.2, -0.15) is 0 Å². The number of nitrogens with zero attached hydrogens (tertiary/aromatic N) is 2. The lowest BCUT2D eigenvalue weighted by Crippen LogP contribution is -2.45. The Balaban J connectivity index is 3.26. The summed E-state index contributed by atoms with van der Waals surface area (Å²) in [5.41, 5.74) is -0.170. The minimum absolute atomic E-state index is 0.0642. The van der Waals surface area contributed by atoms with Crippen LogP contribution in [-0.4, -0.2) is 23.7 Å². The van der Waals surface area contributed by atoms with Crippen LogP contribution >= 0.6 is 0 Å². The van der Waals surface area contributed by atoms with E-state index < -0.39 is 16.6 Å². The fourth-order valence-corrected chi connectivity index (χ4v) is 1.60. The Morgan fingerprint density at radius 2 is 2.00 bits per heavy atom. The topological polar surface area (TPSA) is 72.7 Å². The van der Waals surface area contributed by atoms with Gasteiger partial charge in [0.2, 0.25) is 0 Å². The van der Waals surface area contributed by atoms with Crippen LogP contribution in [0.15, 0.2) is 24.3 Å². The third kappa shape index (κ3) is 2.97. The molecule has 6 heteroatoms. The number of rotatable bonds is 2. The van der Waals surface area contributed by atoms with E-state index in [0.29, 0.717) is 5.69 Å². The van der Waals surface area contributed by atoms with Gasteiger partial charge in [-0.15, -0.1) is 0 Å². The first kappa shape index (κ1) is 14.0. The van der Waals surface area contributed by atoms with Crippen LogP contribution in [-0.2, 0) is 4.74 Å². The molecule has 1 rings (SSSR count). The molecule has 1 aromatic carbocycles. The van der Waals surface area contributed by atoms with Crippen molar-refractivity contribution in [1.82, 2.24) is 0 Å². The zero-order chi connectivity index (χ0) is 13.9. The normalized spacial score (nSPS) is 10.9. The highest BCUT2D eigenvalue weighted by Crippen LogP contribution is 2.27. The van der Waals surface area contributed by atoms with Crippen molar-refractivity contribution < 1.29 is 14.5 Å². The van der Waals surface area contributed by atoms with Crippen LogP contribution in [0, 0.1) is 10.1 Å². The first-order chi connectivity index (χ1) is 8.27. The van der Waals surface area contributed by atoms with Gasteiger partial charge in [0.05, 0.1) is 17.7 Å². The number of hydrogen-bond donors (Lipinski definition) is 0. The Kier molecular flexibility index (Phi) is 3.90. The molecule has 0 aliphatic heterocycles. The fraction of sp³-hybridized carbons (Fsp3) is 0.417. The van der Waals surface area contributed by atoms with Crippen LogP contribution in [0.3, 0.4) is 0 Å².